The summed E-state index contributed by atoms with van der Waals surface area (Å²) in [5.41, 5.74) is 2.77. The first-order chi connectivity index (χ1) is 11.7. The highest BCUT2D eigenvalue weighted by Crippen LogP contribution is 2.24. The molecule has 0 saturated carbocycles. The number of pyridine rings is 1. The number of anilines is 1. The van der Waals surface area contributed by atoms with Gasteiger partial charge in [0.1, 0.15) is 0 Å². The smallest absolute Gasteiger partial charge is 0.257 e. The number of nitrogens with one attached hydrogen (secondary N) is 1. The average Bonchev–Trinajstić information content (AvgIpc) is 3.12. The lowest BCUT2D eigenvalue weighted by molar-refractivity contribution is 0.102. The Hall–Kier alpha value is -3.22. The second-order valence-electron chi connectivity index (χ2n) is 5.05. The molecule has 0 radical (unpaired) electrons. The Balaban J connectivity index is 1.79. The van der Waals surface area contributed by atoms with Gasteiger partial charge in [-0.2, -0.15) is 0 Å². The lowest BCUT2D eigenvalue weighted by Gasteiger charge is -2.10. The van der Waals surface area contributed by atoms with E-state index in [0.29, 0.717) is 29.6 Å². The Morgan fingerprint density at radius 2 is 2.17 bits per heavy atom. The van der Waals surface area contributed by atoms with Crippen LogP contribution in [0.1, 0.15) is 22.8 Å². The molecule has 0 aliphatic carbocycles. The van der Waals surface area contributed by atoms with Crippen molar-refractivity contribution in [3.8, 4) is 17.3 Å². The van der Waals surface area contributed by atoms with E-state index in [2.05, 4.69) is 20.5 Å². The van der Waals surface area contributed by atoms with Gasteiger partial charge in [-0.3, -0.25) is 4.79 Å². The van der Waals surface area contributed by atoms with Crippen LogP contribution >= 0.6 is 0 Å². The fourth-order valence-corrected chi connectivity index (χ4v) is 2.13. The average molecular weight is 324 g/mol. The standard InChI is InChI=1S/C17H16N4O3/c1-3-23-15-7-6-13(9-18-15)16(22)20-14-8-12(5-4-11(14)2)17-21-19-10-24-17/h4-10H,3H2,1-2H3,(H,20,22). The molecule has 7 nitrogen and oxygen atoms in total. The van der Waals surface area contributed by atoms with E-state index in [0.717, 1.165) is 11.1 Å². The van der Waals surface area contributed by atoms with Gasteiger partial charge in [0, 0.05) is 23.5 Å². The molecule has 3 rings (SSSR count). The number of benzene rings is 1. The van der Waals surface area contributed by atoms with Crippen LogP contribution in [0, 0.1) is 6.92 Å². The van der Waals surface area contributed by atoms with Crippen molar-refractivity contribution >= 4 is 11.6 Å². The molecule has 2 aromatic heterocycles. The zero-order valence-electron chi connectivity index (χ0n) is 13.3. The first kappa shape index (κ1) is 15.7. The van der Waals surface area contributed by atoms with Crippen molar-refractivity contribution in [2.75, 3.05) is 11.9 Å². The van der Waals surface area contributed by atoms with Crippen molar-refractivity contribution in [1.82, 2.24) is 15.2 Å². The van der Waals surface area contributed by atoms with E-state index in [9.17, 15) is 4.79 Å². The number of nitrogens with zero attached hydrogens (tertiary/aromatic N) is 3. The van der Waals surface area contributed by atoms with Gasteiger partial charge in [0.05, 0.1) is 12.2 Å². The van der Waals surface area contributed by atoms with E-state index in [-0.39, 0.29) is 5.91 Å². The molecule has 1 N–H and O–H groups in total. The van der Waals surface area contributed by atoms with Crippen LogP contribution < -0.4 is 10.1 Å². The summed E-state index contributed by atoms with van der Waals surface area (Å²) in [7, 11) is 0. The maximum Gasteiger partial charge on any atom is 0.257 e. The summed E-state index contributed by atoms with van der Waals surface area (Å²) in [6.07, 6.45) is 2.75. The number of aryl methyl sites for hydroxylation is 1. The highest BCUT2D eigenvalue weighted by atomic mass is 16.5. The van der Waals surface area contributed by atoms with Crippen LogP contribution in [0.3, 0.4) is 0 Å². The number of carbonyl (C=O) groups is 1. The Bertz CT molecular complexity index is 830. The minimum Gasteiger partial charge on any atom is -0.478 e. The number of hydrogen-bond donors (Lipinski definition) is 1. The first-order valence-corrected chi connectivity index (χ1v) is 7.44. The molecular formula is C17H16N4O3. The third-order valence-electron chi connectivity index (χ3n) is 3.38. The van der Waals surface area contributed by atoms with Crippen LogP contribution in [-0.4, -0.2) is 27.7 Å². The topological polar surface area (TPSA) is 90.1 Å². The van der Waals surface area contributed by atoms with E-state index in [4.69, 9.17) is 9.15 Å². The molecule has 1 aromatic carbocycles. The highest BCUT2D eigenvalue weighted by molar-refractivity contribution is 6.04. The summed E-state index contributed by atoms with van der Waals surface area (Å²) in [5, 5.41) is 10.4. The van der Waals surface area contributed by atoms with Gasteiger partial charge in [-0.15, -0.1) is 10.2 Å². The monoisotopic (exact) mass is 324 g/mol. The number of aromatic nitrogens is 3. The third-order valence-corrected chi connectivity index (χ3v) is 3.38. The van der Waals surface area contributed by atoms with Gasteiger partial charge in [-0.1, -0.05) is 6.07 Å². The molecule has 7 heteroatoms. The van der Waals surface area contributed by atoms with Crippen molar-refractivity contribution in [1.29, 1.82) is 0 Å². The molecule has 122 valence electrons. The van der Waals surface area contributed by atoms with Crippen LogP contribution in [0.2, 0.25) is 0 Å². The predicted molar refractivity (Wildman–Crippen MR) is 87.8 cm³/mol. The third kappa shape index (κ3) is 3.40. The zero-order valence-corrected chi connectivity index (χ0v) is 13.3. The van der Waals surface area contributed by atoms with Gasteiger partial charge in [-0.05, 0) is 37.6 Å². The second kappa shape index (κ2) is 6.91. The summed E-state index contributed by atoms with van der Waals surface area (Å²) < 4.78 is 10.5. The minimum atomic E-state index is -0.253. The summed E-state index contributed by atoms with van der Waals surface area (Å²) >= 11 is 0. The maximum atomic E-state index is 12.4. The van der Waals surface area contributed by atoms with E-state index in [1.807, 2.05) is 26.0 Å². The summed E-state index contributed by atoms with van der Waals surface area (Å²) in [5.74, 6) is 0.633. The van der Waals surface area contributed by atoms with Gasteiger partial charge < -0.3 is 14.5 Å². The lowest BCUT2D eigenvalue weighted by atomic mass is 10.1. The molecule has 0 unspecified atom stereocenters. The highest BCUT2D eigenvalue weighted by Gasteiger charge is 2.11. The van der Waals surface area contributed by atoms with Gasteiger partial charge in [0.15, 0.2) is 0 Å². The van der Waals surface area contributed by atoms with Gasteiger partial charge in [0.2, 0.25) is 18.2 Å². The number of carbonyl (C=O) groups excluding carboxylic acids is 1. The molecule has 0 atom stereocenters. The SMILES string of the molecule is CCOc1ccc(C(=O)Nc2cc(-c3nnco3)ccc2C)cn1. The van der Waals surface area contributed by atoms with E-state index < -0.39 is 0 Å². The molecule has 0 spiro atoms. The van der Waals surface area contributed by atoms with Gasteiger partial charge >= 0.3 is 0 Å². The number of amides is 1. The lowest BCUT2D eigenvalue weighted by Crippen LogP contribution is -2.13. The number of ether oxygens (including phenoxy) is 1. The van der Waals surface area contributed by atoms with Crippen molar-refractivity contribution in [3.63, 3.8) is 0 Å². The Morgan fingerprint density at radius 3 is 2.83 bits per heavy atom. The van der Waals surface area contributed by atoms with Crippen molar-refractivity contribution in [2.24, 2.45) is 0 Å². The number of rotatable bonds is 5. The molecule has 0 bridgehead atoms. The summed E-state index contributed by atoms with van der Waals surface area (Å²) in [6, 6.07) is 8.87. The molecule has 0 aliphatic heterocycles. The van der Waals surface area contributed by atoms with E-state index in [1.54, 1.807) is 18.2 Å². The fourth-order valence-electron chi connectivity index (χ4n) is 2.13. The molecule has 3 aromatic rings. The van der Waals surface area contributed by atoms with Crippen molar-refractivity contribution < 1.29 is 13.9 Å². The summed E-state index contributed by atoms with van der Waals surface area (Å²) in [4.78, 5) is 16.5. The van der Waals surface area contributed by atoms with Crippen LogP contribution in [-0.2, 0) is 0 Å². The largest absolute Gasteiger partial charge is 0.478 e. The van der Waals surface area contributed by atoms with Crippen molar-refractivity contribution in [3.05, 3.63) is 54.0 Å². The fraction of sp³-hybridized carbons (Fsp3) is 0.176. The molecule has 1 amide bonds. The minimum absolute atomic E-state index is 0.253. The molecule has 24 heavy (non-hydrogen) atoms. The normalized spacial score (nSPS) is 10.4. The first-order valence-electron chi connectivity index (χ1n) is 7.44. The Kier molecular flexibility index (Phi) is 4.51. The summed E-state index contributed by atoms with van der Waals surface area (Å²) in [6.45, 7) is 4.31. The maximum absolute atomic E-state index is 12.4. The Labute approximate surface area is 138 Å². The molecular weight excluding hydrogens is 308 g/mol. The van der Waals surface area contributed by atoms with Crippen LogP contribution in [0.5, 0.6) is 5.88 Å². The molecule has 2 heterocycles. The quantitative estimate of drug-likeness (QED) is 0.775. The van der Waals surface area contributed by atoms with Crippen LogP contribution in [0.25, 0.3) is 11.5 Å². The van der Waals surface area contributed by atoms with Crippen LogP contribution in [0.4, 0.5) is 5.69 Å². The molecule has 0 saturated heterocycles. The predicted octanol–water partition coefficient (Wildman–Crippen LogP) is 3.09. The van der Waals surface area contributed by atoms with Gasteiger partial charge in [-0.25, -0.2) is 4.98 Å². The van der Waals surface area contributed by atoms with Crippen molar-refractivity contribution in [2.45, 2.75) is 13.8 Å². The Morgan fingerprint density at radius 1 is 1.29 bits per heavy atom. The zero-order chi connectivity index (χ0) is 16.9. The van der Waals surface area contributed by atoms with E-state index in [1.165, 1.54) is 12.6 Å². The second-order valence-corrected chi connectivity index (χ2v) is 5.05. The molecule has 0 fully saturated rings. The van der Waals surface area contributed by atoms with Gasteiger partial charge in [0.25, 0.3) is 5.91 Å². The molecule has 0 aliphatic rings. The number of hydrogen-bond acceptors (Lipinski definition) is 6. The van der Waals surface area contributed by atoms with Crippen LogP contribution in [0.15, 0.2) is 47.3 Å². The van der Waals surface area contributed by atoms with E-state index >= 15 is 0 Å².